The molecule has 0 amide bonds. The molecule has 0 bridgehead atoms. The summed E-state index contributed by atoms with van der Waals surface area (Å²) in [6, 6.07) is 0. The standard InChI is InChI=1S/C18H36O2Si/c1-3-19-21(20-4-2,18-15-12-16-18)17-13-10-8-6-5-7-9-11-14-17/h17-18H,3-16H2,1-2H3. The topological polar surface area (TPSA) is 18.5 Å². The van der Waals surface area contributed by atoms with Crippen molar-refractivity contribution in [3.63, 3.8) is 0 Å². The van der Waals surface area contributed by atoms with Gasteiger partial charge in [-0.2, -0.15) is 0 Å². The van der Waals surface area contributed by atoms with Gasteiger partial charge in [-0.1, -0.05) is 51.4 Å². The van der Waals surface area contributed by atoms with Gasteiger partial charge in [-0.05, 0) is 39.5 Å². The van der Waals surface area contributed by atoms with Gasteiger partial charge in [-0.15, -0.1) is 0 Å². The third-order valence-electron chi connectivity index (χ3n) is 5.59. The van der Waals surface area contributed by atoms with E-state index in [0.717, 1.165) is 24.3 Å². The van der Waals surface area contributed by atoms with E-state index in [9.17, 15) is 0 Å². The van der Waals surface area contributed by atoms with Gasteiger partial charge in [0, 0.05) is 24.3 Å². The van der Waals surface area contributed by atoms with Crippen LogP contribution in [0.4, 0.5) is 0 Å². The minimum atomic E-state index is -2.00. The van der Waals surface area contributed by atoms with Crippen LogP contribution < -0.4 is 0 Å². The van der Waals surface area contributed by atoms with Crippen LogP contribution in [-0.4, -0.2) is 21.8 Å². The highest BCUT2D eigenvalue weighted by molar-refractivity contribution is 6.70. The van der Waals surface area contributed by atoms with Gasteiger partial charge in [-0.3, -0.25) is 0 Å². The van der Waals surface area contributed by atoms with E-state index >= 15 is 0 Å². The van der Waals surface area contributed by atoms with Crippen LogP contribution in [0.2, 0.25) is 11.1 Å². The van der Waals surface area contributed by atoms with Crippen molar-refractivity contribution in [3.05, 3.63) is 0 Å². The fourth-order valence-electron chi connectivity index (χ4n) is 4.32. The Morgan fingerprint density at radius 1 is 0.619 bits per heavy atom. The lowest BCUT2D eigenvalue weighted by Gasteiger charge is -2.46. The van der Waals surface area contributed by atoms with Crippen molar-refractivity contribution in [2.75, 3.05) is 13.2 Å². The Hall–Kier alpha value is 0.137. The van der Waals surface area contributed by atoms with Gasteiger partial charge in [0.25, 0.3) is 0 Å². The Labute approximate surface area is 133 Å². The second-order valence-corrected chi connectivity index (χ2v) is 10.6. The average Bonchev–Trinajstić information content (AvgIpc) is 2.43. The maximum Gasteiger partial charge on any atom is 0.344 e. The lowest BCUT2D eigenvalue weighted by Crippen LogP contribution is -2.53. The molecule has 124 valence electrons. The first kappa shape index (κ1) is 17.5. The van der Waals surface area contributed by atoms with Gasteiger partial charge >= 0.3 is 8.56 Å². The first-order chi connectivity index (χ1) is 10.3. The fraction of sp³-hybridized carbons (Fsp3) is 1.00. The molecular weight excluding hydrogens is 276 g/mol. The summed E-state index contributed by atoms with van der Waals surface area (Å²) in [6.45, 7) is 6.03. The van der Waals surface area contributed by atoms with Crippen LogP contribution >= 0.6 is 0 Å². The summed E-state index contributed by atoms with van der Waals surface area (Å²) in [5, 5.41) is 0. The number of hydrogen-bond acceptors (Lipinski definition) is 2. The van der Waals surface area contributed by atoms with Crippen molar-refractivity contribution in [2.45, 2.75) is 102 Å². The van der Waals surface area contributed by atoms with Gasteiger partial charge in [0.15, 0.2) is 0 Å². The van der Waals surface area contributed by atoms with E-state index in [4.69, 9.17) is 8.85 Å². The molecule has 0 aromatic heterocycles. The molecule has 0 heterocycles. The normalized spacial score (nSPS) is 23.7. The van der Waals surface area contributed by atoms with Crippen LogP contribution in [0, 0.1) is 0 Å². The van der Waals surface area contributed by atoms with E-state index in [0.29, 0.717) is 0 Å². The smallest absolute Gasteiger partial charge is 0.344 e. The molecule has 0 N–H and O–H groups in total. The molecule has 2 aliphatic carbocycles. The first-order valence-corrected chi connectivity index (χ1v) is 11.6. The number of hydrogen-bond donors (Lipinski definition) is 0. The number of rotatable bonds is 6. The summed E-state index contributed by atoms with van der Waals surface area (Å²) in [4.78, 5) is 0. The van der Waals surface area contributed by atoms with Crippen LogP contribution in [0.5, 0.6) is 0 Å². The van der Waals surface area contributed by atoms with E-state index in [1.54, 1.807) is 0 Å². The Morgan fingerprint density at radius 2 is 1.00 bits per heavy atom. The predicted octanol–water partition coefficient (Wildman–Crippen LogP) is 5.95. The van der Waals surface area contributed by atoms with Crippen molar-refractivity contribution in [1.82, 2.24) is 0 Å². The molecule has 0 aromatic rings. The third-order valence-corrected chi connectivity index (χ3v) is 10.5. The quantitative estimate of drug-likeness (QED) is 0.564. The van der Waals surface area contributed by atoms with Gasteiger partial charge in [-0.25, -0.2) is 0 Å². The van der Waals surface area contributed by atoms with E-state index in [1.807, 2.05) is 0 Å². The van der Waals surface area contributed by atoms with Crippen LogP contribution in [0.1, 0.15) is 90.9 Å². The Balaban J connectivity index is 2.09. The zero-order valence-corrected chi connectivity index (χ0v) is 15.4. The van der Waals surface area contributed by atoms with Gasteiger partial charge in [0.2, 0.25) is 0 Å². The minimum absolute atomic E-state index is 0.751. The lowest BCUT2D eigenvalue weighted by atomic mass is 9.99. The molecule has 2 rings (SSSR count). The van der Waals surface area contributed by atoms with Crippen molar-refractivity contribution < 1.29 is 8.85 Å². The molecule has 0 aromatic carbocycles. The zero-order valence-electron chi connectivity index (χ0n) is 14.4. The molecule has 0 aliphatic heterocycles. The van der Waals surface area contributed by atoms with Crippen molar-refractivity contribution in [3.8, 4) is 0 Å². The largest absolute Gasteiger partial charge is 0.394 e. The molecule has 0 spiro atoms. The second-order valence-electron chi connectivity index (χ2n) is 6.96. The van der Waals surface area contributed by atoms with Gasteiger partial charge in [0.05, 0.1) is 0 Å². The molecule has 2 saturated carbocycles. The van der Waals surface area contributed by atoms with Crippen molar-refractivity contribution in [2.24, 2.45) is 0 Å². The van der Waals surface area contributed by atoms with E-state index in [1.165, 1.54) is 77.0 Å². The van der Waals surface area contributed by atoms with Crippen LogP contribution in [0.15, 0.2) is 0 Å². The maximum absolute atomic E-state index is 6.50. The Bertz CT molecular complexity index is 262. The lowest BCUT2D eigenvalue weighted by molar-refractivity contribution is 0.142. The Kier molecular flexibility index (Phi) is 7.76. The molecular formula is C18H36O2Si. The van der Waals surface area contributed by atoms with Crippen LogP contribution in [0.25, 0.3) is 0 Å². The summed E-state index contributed by atoms with van der Waals surface area (Å²) in [5.74, 6) is 0. The van der Waals surface area contributed by atoms with Crippen LogP contribution in [0.3, 0.4) is 0 Å². The maximum atomic E-state index is 6.50. The van der Waals surface area contributed by atoms with Crippen LogP contribution in [-0.2, 0) is 8.85 Å². The summed E-state index contributed by atoms with van der Waals surface area (Å²) < 4.78 is 13.0. The molecule has 0 unspecified atom stereocenters. The molecule has 0 radical (unpaired) electrons. The van der Waals surface area contributed by atoms with E-state index in [2.05, 4.69) is 13.8 Å². The monoisotopic (exact) mass is 312 g/mol. The molecule has 0 atom stereocenters. The van der Waals surface area contributed by atoms with Crippen molar-refractivity contribution >= 4 is 8.56 Å². The van der Waals surface area contributed by atoms with Gasteiger partial charge in [0.1, 0.15) is 0 Å². The van der Waals surface area contributed by atoms with Crippen molar-refractivity contribution in [1.29, 1.82) is 0 Å². The molecule has 2 nitrogen and oxygen atoms in total. The van der Waals surface area contributed by atoms with E-state index in [-0.39, 0.29) is 0 Å². The third kappa shape index (κ3) is 4.55. The molecule has 3 heteroatoms. The Morgan fingerprint density at radius 3 is 1.33 bits per heavy atom. The highest BCUT2D eigenvalue weighted by atomic mass is 28.4. The SMILES string of the molecule is CCO[Si](OCC)(C1CCCCCCCCC1)C1CCC1. The second kappa shape index (κ2) is 9.31. The summed E-state index contributed by atoms with van der Waals surface area (Å²) in [6.07, 6.45) is 16.8. The molecule has 0 saturated heterocycles. The van der Waals surface area contributed by atoms with Gasteiger partial charge < -0.3 is 8.85 Å². The summed E-state index contributed by atoms with van der Waals surface area (Å²) >= 11 is 0. The minimum Gasteiger partial charge on any atom is -0.394 e. The summed E-state index contributed by atoms with van der Waals surface area (Å²) in [5.41, 5.74) is 1.53. The molecule has 2 fully saturated rings. The van der Waals surface area contributed by atoms with E-state index < -0.39 is 8.56 Å². The highest BCUT2D eigenvalue weighted by Crippen LogP contribution is 2.50. The summed E-state index contributed by atoms with van der Waals surface area (Å²) in [7, 11) is -2.00. The zero-order chi connectivity index (χ0) is 15.0. The fourth-order valence-corrected chi connectivity index (χ4v) is 9.34. The molecule has 21 heavy (non-hydrogen) atoms. The average molecular weight is 313 g/mol. The first-order valence-electron chi connectivity index (χ1n) is 9.61. The highest BCUT2D eigenvalue weighted by Gasteiger charge is 2.53. The molecule has 2 aliphatic rings. The predicted molar refractivity (Wildman–Crippen MR) is 91.9 cm³/mol.